The minimum atomic E-state index is -2.51. The number of Topliss-reactive ketones (excluding diaryl/α,β-unsaturated/α-hetero) is 2. The Morgan fingerprint density at radius 2 is 1.61 bits per heavy atom. The van der Waals surface area contributed by atoms with Crippen LogP contribution in [0.2, 0.25) is 0 Å². The molecule has 1 aromatic rings. The van der Waals surface area contributed by atoms with Gasteiger partial charge in [0, 0.05) is 51.5 Å². The third kappa shape index (κ3) is 13.0. The van der Waals surface area contributed by atoms with Gasteiger partial charge < -0.3 is 43.9 Å². The van der Waals surface area contributed by atoms with Crippen LogP contribution in [0.15, 0.2) is 53.6 Å². The summed E-state index contributed by atoms with van der Waals surface area (Å²) in [5.41, 5.74) is 2.88. The summed E-state index contributed by atoms with van der Waals surface area (Å²) in [5, 5.41) is 35.1. The number of ketones is 2. The quantitative estimate of drug-likeness (QED) is 0.101. The number of aryl methyl sites for hydroxylation is 1. The third-order valence-electron chi connectivity index (χ3n) is 14.4. The Hall–Kier alpha value is -3.30. The molecule has 1 amide bonds. The molecule has 14 unspecified atom stereocenters. The largest absolute Gasteiger partial charge is 0.456 e. The Morgan fingerprint density at radius 1 is 0.906 bits per heavy atom. The van der Waals surface area contributed by atoms with Crippen molar-refractivity contribution in [2.24, 2.45) is 29.6 Å². The monoisotopic (exact) mass is 896 g/mol. The van der Waals surface area contributed by atoms with E-state index in [-0.39, 0.29) is 49.5 Å². The molecule has 2 saturated heterocycles. The van der Waals surface area contributed by atoms with Crippen molar-refractivity contribution in [3.63, 3.8) is 0 Å². The second kappa shape index (κ2) is 23.9. The molecule has 1 aliphatic carbocycles. The number of aliphatic hydroxyl groups excluding tert-OH is 2. The van der Waals surface area contributed by atoms with Crippen LogP contribution in [-0.2, 0) is 49.3 Å². The predicted molar refractivity (Wildman–Crippen MR) is 242 cm³/mol. The van der Waals surface area contributed by atoms with Crippen LogP contribution in [0.1, 0.15) is 124 Å². The third-order valence-corrected chi connectivity index (χ3v) is 14.4. The van der Waals surface area contributed by atoms with Crippen molar-refractivity contribution in [1.29, 1.82) is 0 Å². The Balaban J connectivity index is 1.42. The number of rotatable bonds is 10. The van der Waals surface area contributed by atoms with Crippen LogP contribution in [0.25, 0.3) is 0 Å². The van der Waals surface area contributed by atoms with E-state index in [0.29, 0.717) is 57.1 Å². The number of allylic oxidation sites excluding steroid dienone is 3. The van der Waals surface area contributed by atoms with Crippen molar-refractivity contribution in [2.45, 2.75) is 180 Å². The number of hydrogen-bond acceptors (Lipinski definition) is 12. The number of carbonyl (C=O) groups excluding carboxylic acids is 4. The molecule has 3 heterocycles. The lowest BCUT2D eigenvalue weighted by molar-refractivity contribution is -0.302. The van der Waals surface area contributed by atoms with Crippen LogP contribution >= 0.6 is 0 Å². The molecule has 13 nitrogen and oxygen atoms in total. The maximum Gasteiger partial charge on any atom is 0.329 e. The molecule has 14 atom stereocenters. The van der Waals surface area contributed by atoms with E-state index >= 15 is 0 Å². The van der Waals surface area contributed by atoms with Gasteiger partial charge in [-0.3, -0.25) is 14.4 Å². The number of carbonyl (C=O) groups is 4. The summed E-state index contributed by atoms with van der Waals surface area (Å²) in [6, 6.07) is 9.07. The first-order valence-corrected chi connectivity index (χ1v) is 23.9. The maximum atomic E-state index is 14.4. The molecular weight excluding hydrogens is 819 g/mol. The topological polar surface area (TPSA) is 178 Å². The van der Waals surface area contributed by atoms with Crippen molar-refractivity contribution < 1.29 is 58.2 Å². The van der Waals surface area contributed by atoms with Crippen LogP contribution in [-0.4, -0.2) is 126 Å². The second-order valence-electron chi connectivity index (χ2n) is 19.4. The predicted octanol–water partition coefficient (Wildman–Crippen LogP) is 6.48. The first-order chi connectivity index (χ1) is 30.5. The molecule has 1 aromatic carbocycles. The van der Waals surface area contributed by atoms with Crippen LogP contribution < -0.4 is 0 Å². The molecule has 64 heavy (non-hydrogen) atoms. The van der Waals surface area contributed by atoms with Crippen LogP contribution in [0.4, 0.5) is 0 Å². The lowest BCUT2D eigenvalue weighted by Gasteiger charge is -2.47. The van der Waals surface area contributed by atoms with Gasteiger partial charge in [-0.1, -0.05) is 75.8 Å². The van der Waals surface area contributed by atoms with E-state index < -0.39 is 83.9 Å². The maximum absolute atomic E-state index is 14.4. The van der Waals surface area contributed by atoms with E-state index in [1.54, 1.807) is 13.8 Å². The summed E-state index contributed by atoms with van der Waals surface area (Å²) in [4.78, 5) is 58.2. The molecule has 3 aliphatic heterocycles. The lowest BCUT2D eigenvalue weighted by atomic mass is 9.81. The van der Waals surface area contributed by atoms with Gasteiger partial charge in [-0.15, -0.1) is 0 Å². The van der Waals surface area contributed by atoms with Crippen LogP contribution in [0.3, 0.4) is 0 Å². The van der Waals surface area contributed by atoms with Gasteiger partial charge in [0.25, 0.3) is 11.7 Å². The number of hydrogen-bond donors (Lipinski definition) is 3. The smallest absolute Gasteiger partial charge is 0.329 e. The van der Waals surface area contributed by atoms with Crippen molar-refractivity contribution in [2.75, 3.05) is 27.4 Å². The molecule has 3 N–H and O–H groups in total. The average Bonchev–Trinajstić information content (AvgIpc) is 3.28. The zero-order valence-corrected chi connectivity index (χ0v) is 39.6. The molecule has 13 heteroatoms. The first-order valence-electron chi connectivity index (χ1n) is 23.9. The molecule has 3 fully saturated rings. The molecule has 4 aliphatic rings. The highest BCUT2D eigenvalue weighted by Gasteiger charge is 2.56. The zero-order valence-electron chi connectivity index (χ0n) is 39.6. The summed E-state index contributed by atoms with van der Waals surface area (Å²) in [6.07, 6.45) is 5.31. The fourth-order valence-electron chi connectivity index (χ4n) is 10.5. The van der Waals surface area contributed by atoms with Crippen molar-refractivity contribution in [3.8, 4) is 0 Å². The van der Waals surface area contributed by atoms with Crippen molar-refractivity contribution in [3.05, 3.63) is 59.2 Å². The molecule has 0 radical (unpaired) electrons. The van der Waals surface area contributed by atoms with Gasteiger partial charge in [0.05, 0.1) is 30.5 Å². The van der Waals surface area contributed by atoms with Gasteiger partial charge >= 0.3 is 5.97 Å². The highest BCUT2D eigenvalue weighted by atomic mass is 16.7. The molecule has 358 valence electrons. The number of cyclic esters (lactones) is 1. The average molecular weight is 896 g/mol. The normalized spacial score (nSPS) is 37.0. The number of nitrogens with zero attached hydrogens (tertiary/aromatic N) is 1. The van der Waals surface area contributed by atoms with Crippen molar-refractivity contribution in [1.82, 2.24) is 4.90 Å². The number of ether oxygens (including phenoxy) is 5. The standard InChI is InChI=1S/C51H77NO12/c1-9-38-25-31(2)24-32(3)26-44(60-7)47-45(61-8)28-34(5)51(59,64-47)48(56)49(57)52-22-14-13-19-39(52)50(58)63-46(35(6)40(53)30-41(38)54)33(4)27-37-20-21-43(42(55)29-37)62-23-15-18-36-16-11-10-12-17-36/h10-12,16-17,25,27,32,34-35,37-40,42-47,53,55,59H,9,13-15,18-24,26,28-30H2,1-8H3. The first kappa shape index (κ1) is 51.7. The molecule has 1 saturated carbocycles. The number of methoxy groups -OCH3 is 2. The van der Waals surface area contributed by atoms with Gasteiger partial charge in [-0.25, -0.2) is 4.79 Å². The summed E-state index contributed by atoms with van der Waals surface area (Å²) < 4.78 is 30.5. The molecular formula is C51H77NO12. The van der Waals surface area contributed by atoms with Gasteiger partial charge in [-0.05, 0) is 114 Å². The molecule has 0 spiro atoms. The zero-order chi connectivity index (χ0) is 46.7. The minimum absolute atomic E-state index is 0.0285. The second-order valence-corrected chi connectivity index (χ2v) is 19.4. The lowest BCUT2D eigenvalue weighted by Crippen LogP contribution is -2.64. The van der Waals surface area contributed by atoms with Gasteiger partial charge in [0.1, 0.15) is 24.0 Å². The van der Waals surface area contributed by atoms with Gasteiger partial charge in [-0.2, -0.15) is 0 Å². The Morgan fingerprint density at radius 3 is 2.28 bits per heavy atom. The van der Waals surface area contributed by atoms with Crippen molar-refractivity contribution >= 4 is 23.4 Å². The molecule has 5 rings (SSSR count). The highest BCUT2D eigenvalue weighted by Crippen LogP contribution is 2.39. The Labute approximate surface area is 381 Å². The Bertz CT molecular complexity index is 1770. The SMILES string of the molecule is CCC1C=C(C)CC(C)CC(OC)C2OC(O)(C(=O)C(=O)N3CCCCC3C(=O)OC(C(C)=CC3CCC(OCCCc4ccccc4)C(O)C3)C(C)C(O)CC1=O)C(C)CC2OC. The number of fused-ring (bicyclic) bond motifs is 3. The summed E-state index contributed by atoms with van der Waals surface area (Å²) in [6.45, 7) is 11.8. The summed E-state index contributed by atoms with van der Waals surface area (Å²) >= 11 is 0. The van der Waals surface area contributed by atoms with E-state index in [9.17, 15) is 34.5 Å². The van der Waals surface area contributed by atoms with E-state index in [0.717, 1.165) is 24.8 Å². The van der Waals surface area contributed by atoms with Crippen LogP contribution in [0, 0.1) is 29.6 Å². The number of aliphatic hydroxyl groups is 3. The fraction of sp³-hybridized carbons (Fsp3) is 0.725. The highest BCUT2D eigenvalue weighted by molar-refractivity contribution is 6.39. The number of benzene rings is 1. The summed E-state index contributed by atoms with van der Waals surface area (Å²) in [7, 11) is 3.07. The van der Waals surface area contributed by atoms with E-state index in [1.165, 1.54) is 24.7 Å². The van der Waals surface area contributed by atoms with Crippen LogP contribution in [0.5, 0.6) is 0 Å². The number of esters is 1. The minimum Gasteiger partial charge on any atom is -0.456 e. The molecule has 2 bridgehead atoms. The van der Waals surface area contributed by atoms with Gasteiger partial charge in [0.2, 0.25) is 5.79 Å². The van der Waals surface area contributed by atoms with Gasteiger partial charge in [0.15, 0.2) is 0 Å². The Kier molecular flexibility index (Phi) is 19.3. The molecule has 0 aromatic heterocycles. The van der Waals surface area contributed by atoms with E-state index in [2.05, 4.69) is 19.1 Å². The summed E-state index contributed by atoms with van der Waals surface area (Å²) in [5.74, 6) is -7.64. The fourth-order valence-corrected chi connectivity index (χ4v) is 10.5. The van der Waals surface area contributed by atoms with E-state index in [4.69, 9.17) is 23.7 Å². The number of piperidine rings is 1. The number of amides is 1. The van der Waals surface area contributed by atoms with E-state index in [1.807, 2.05) is 51.1 Å².